The Bertz CT molecular complexity index is 458. The van der Waals surface area contributed by atoms with Gasteiger partial charge in [-0.2, -0.15) is 0 Å². The fourth-order valence-electron chi connectivity index (χ4n) is 3.13. The molecule has 0 radical (unpaired) electrons. The minimum absolute atomic E-state index is 0.431. The summed E-state index contributed by atoms with van der Waals surface area (Å²) in [6.45, 7) is 8.60. The van der Waals surface area contributed by atoms with E-state index in [0.717, 1.165) is 18.7 Å². The van der Waals surface area contributed by atoms with Crippen molar-refractivity contribution in [1.82, 2.24) is 4.90 Å². The standard InChI is InChI=1S/C16H23NO2/c1-11-8-12(2)13(3)17(9-11)10-14-6-4-5-7-15(14)16(18)19/h4-7,11-13H,8-10H2,1-3H3,(H,18,19). The van der Waals surface area contributed by atoms with Crippen LogP contribution in [0.1, 0.15) is 43.1 Å². The average molecular weight is 261 g/mol. The number of carbonyl (C=O) groups is 1. The third kappa shape index (κ3) is 3.16. The maximum absolute atomic E-state index is 11.3. The Morgan fingerprint density at radius 2 is 2.00 bits per heavy atom. The van der Waals surface area contributed by atoms with Gasteiger partial charge in [0.05, 0.1) is 5.56 Å². The van der Waals surface area contributed by atoms with Crippen LogP contribution < -0.4 is 0 Å². The van der Waals surface area contributed by atoms with Crippen molar-refractivity contribution in [3.05, 3.63) is 35.4 Å². The van der Waals surface area contributed by atoms with E-state index in [4.69, 9.17) is 0 Å². The quantitative estimate of drug-likeness (QED) is 0.908. The zero-order valence-corrected chi connectivity index (χ0v) is 12.0. The number of hydrogen-bond acceptors (Lipinski definition) is 2. The van der Waals surface area contributed by atoms with Crippen LogP contribution in [0.15, 0.2) is 24.3 Å². The summed E-state index contributed by atoms with van der Waals surface area (Å²) >= 11 is 0. The molecule has 1 aliphatic heterocycles. The van der Waals surface area contributed by atoms with Crippen molar-refractivity contribution in [2.24, 2.45) is 11.8 Å². The van der Waals surface area contributed by atoms with E-state index in [-0.39, 0.29) is 0 Å². The summed E-state index contributed by atoms with van der Waals surface area (Å²) in [7, 11) is 0. The van der Waals surface area contributed by atoms with Crippen LogP contribution in [0.5, 0.6) is 0 Å². The minimum Gasteiger partial charge on any atom is -0.478 e. The third-order valence-electron chi connectivity index (χ3n) is 4.34. The fourth-order valence-corrected chi connectivity index (χ4v) is 3.13. The highest BCUT2D eigenvalue weighted by atomic mass is 16.4. The molecule has 0 aromatic heterocycles. The number of piperidine rings is 1. The van der Waals surface area contributed by atoms with E-state index in [2.05, 4.69) is 25.7 Å². The Kier molecular flexibility index (Phi) is 4.25. The molecule has 3 unspecified atom stereocenters. The molecule has 0 spiro atoms. The molecule has 0 bridgehead atoms. The van der Waals surface area contributed by atoms with E-state index in [1.54, 1.807) is 12.1 Å². The summed E-state index contributed by atoms with van der Waals surface area (Å²) in [5.74, 6) is 0.519. The smallest absolute Gasteiger partial charge is 0.336 e. The second kappa shape index (κ2) is 5.74. The lowest BCUT2D eigenvalue weighted by atomic mass is 9.85. The summed E-state index contributed by atoms with van der Waals surface area (Å²) in [4.78, 5) is 13.7. The molecule has 0 aliphatic carbocycles. The molecule has 3 atom stereocenters. The van der Waals surface area contributed by atoms with Gasteiger partial charge in [-0.3, -0.25) is 4.90 Å². The second-order valence-corrected chi connectivity index (χ2v) is 5.95. The number of rotatable bonds is 3. The van der Waals surface area contributed by atoms with Gasteiger partial charge in [0.1, 0.15) is 0 Å². The monoisotopic (exact) mass is 261 g/mol. The van der Waals surface area contributed by atoms with Gasteiger partial charge in [-0.05, 0) is 36.8 Å². The molecule has 1 fully saturated rings. The molecular weight excluding hydrogens is 238 g/mol. The normalized spacial score (nSPS) is 28.3. The Morgan fingerprint density at radius 1 is 1.32 bits per heavy atom. The largest absolute Gasteiger partial charge is 0.478 e. The first-order valence-electron chi connectivity index (χ1n) is 7.04. The van der Waals surface area contributed by atoms with Gasteiger partial charge >= 0.3 is 5.97 Å². The molecular formula is C16H23NO2. The number of hydrogen-bond donors (Lipinski definition) is 1. The molecule has 1 aliphatic rings. The first-order valence-corrected chi connectivity index (χ1v) is 7.04. The van der Waals surface area contributed by atoms with Crippen LogP contribution >= 0.6 is 0 Å². The molecule has 0 amide bonds. The molecule has 1 N–H and O–H groups in total. The van der Waals surface area contributed by atoms with Crippen molar-refractivity contribution < 1.29 is 9.90 Å². The van der Waals surface area contributed by atoms with Gasteiger partial charge in [-0.15, -0.1) is 0 Å². The highest BCUT2D eigenvalue weighted by Crippen LogP contribution is 2.28. The van der Waals surface area contributed by atoms with Crippen LogP contribution in [0.4, 0.5) is 0 Å². The highest BCUT2D eigenvalue weighted by molar-refractivity contribution is 5.89. The molecule has 1 aromatic rings. The number of nitrogens with zero attached hydrogens (tertiary/aromatic N) is 1. The highest BCUT2D eigenvalue weighted by Gasteiger charge is 2.29. The van der Waals surface area contributed by atoms with E-state index in [0.29, 0.717) is 23.4 Å². The van der Waals surface area contributed by atoms with Gasteiger partial charge in [0.15, 0.2) is 0 Å². The second-order valence-electron chi connectivity index (χ2n) is 5.95. The van der Waals surface area contributed by atoms with Gasteiger partial charge < -0.3 is 5.11 Å². The maximum Gasteiger partial charge on any atom is 0.336 e. The van der Waals surface area contributed by atoms with E-state index < -0.39 is 5.97 Å². The summed E-state index contributed by atoms with van der Waals surface area (Å²) in [5.41, 5.74) is 1.35. The first kappa shape index (κ1) is 14.1. The molecule has 3 heteroatoms. The van der Waals surface area contributed by atoms with Gasteiger partial charge in [-0.25, -0.2) is 4.79 Å². The number of aromatic carboxylic acids is 1. The minimum atomic E-state index is -0.832. The topological polar surface area (TPSA) is 40.5 Å². The number of likely N-dealkylation sites (tertiary alicyclic amines) is 1. The van der Waals surface area contributed by atoms with Crippen molar-refractivity contribution >= 4 is 5.97 Å². The van der Waals surface area contributed by atoms with Crippen molar-refractivity contribution in [2.75, 3.05) is 6.54 Å². The van der Waals surface area contributed by atoms with Gasteiger partial charge in [-0.1, -0.05) is 32.0 Å². The van der Waals surface area contributed by atoms with E-state index in [9.17, 15) is 9.90 Å². The lowest BCUT2D eigenvalue weighted by Crippen LogP contribution is -2.45. The van der Waals surface area contributed by atoms with Crippen LogP contribution in [-0.2, 0) is 6.54 Å². The van der Waals surface area contributed by atoms with E-state index in [1.807, 2.05) is 12.1 Å². The number of carboxylic acids is 1. The Morgan fingerprint density at radius 3 is 2.68 bits per heavy atom. The zero-order chi connectivity index (χ0) is 14.0. The zero-order valence-electron chi connectivity index (χ0n) is 12.0. The molecule has 0 saturated carbocycles. The summed E-state index contributed by atoms with van der Waals surface area (Å²) in [6, 6.07) is 7.85. The Hall–Kier alpha value is -1.35. The lowest BCUT2D eigenvalue weighted by Gasteiger charge is -2.41. The van der Waals surface area contributed by atoms with Crippen LogP contribution in [0.3, 0.4) is 0 Å². The number of benzene rings is 1. The van der Waals surface area contributed by atoms with Gasteiger partial charge in [0.2, 0.25) is 0 Å². The first-order chi connectivity index (χ1) is 8.99. The molecule has 19 heavy (non-hydrogen) atoms. The van der Waals surface area contributed by atoms with E-state index in [1.165, 1.54) is 6.42 Å². The average Bonchev–Trinajstić information content (AvgIpc) is 2.35. The van der Waals surface area contributed by atoms with Crippen molar-refractivity contribution in [3.63, 3.8) is 0 Å². The van der Waals surface area contributed by atoms with Crippen LogP contribution in [0, 0.1) is 11.8 Å². The summed E-state index contributed by atoms with van der Waals surface area (Å²) in [6.07, 6.45) is 1.26. The van der Waals surface area contributed by atoms with Crippen LogP contribution in [0.25, 0.3) is 0 Å². The molecule has 3 nitrogen and oxygen atoms in total. The van der Waals surface area contributed by atoms with Gasteiger partial charge in [0, 0.05) is 19.1 Å². The number of carboxylic acid groups (broad SMARTS) is 1. The van der Waals surface area contributed by atoms with Crippen molar-refractivity contribution in [1.29, 1.82) is 0 Å². The molecule has 1 saturated heterocycles. The lowest BCUT2D eigenvalue weighted by molar-refractivity contribution is 0.0665. The third-order valence-corrected chi connectivity index (χ3v) is 4.34. The predicted octanol–water partition coefficient (Wildman–Crippen LogP) is 3.25. The maximum atomic E-state index is 11.3. The Balaban J connectivity index is 2.18. The molecule has 1 heterocycles. The van der Waals surface area contributed by atoms with E-state index >= 15 is 0 Å². The molecule has 104 valence electrons. The summed E-state index contributed by atoms with van der Waals surface area (Å²) in [5, 5.41) is 9.25. The van der Waals surface area contributed by atoms with Crippen LogP contribution in [-0.4, -0.2) is 28.6 Å². The van der Waals surface area contributed by atoms with Crippen molar-refractivity contribution in [3.8, 4) is 0 Å². The van der Waals surface area contributed by atoms with Gasteiger partial charge in [0.25, 0.3) is 0 Å². The SMILES string of the molecule is CC1CC(C)C(C)N(Cc2ccccc2C(=O)O)C1. The fraction of sp³-hybridized carbons (Fsp3) is 0.562. The van der Waals surface area contributed by atoms with Crippen molar-refractivity contribution in [2.45, 2.75) is 39.8 Å². The molecule has 2 rings (SSSR count). The van der Waals surface area contributed by atoms with Crippen LogP contribution in [0.2, 0.25) is 0 Å². The Labute approximate surface area is 115 Å². The molecule has 1 aromatic carbocycles. The predicted molar refractivity (Wildman–Crippen MR) is 76.2 cm³/mol. The summed E-state index contributed by atoms with van der Waals surface area (Å²) < 4.78 is 0.